The van der Waals surface area contributed by atoms with Gasteiger partial charge in [-0.15, -0.1) is 0 Å². The molecular weight excluding hydrogens is 556 g/mol. The molecule has 4 aromatic carbocycles. The van der Waals surface area contributed by atoms with E-state index in [4.69, 9.17) is 4.99 Å². The maximum Gasteiger partial charge on any atom is 0.105 e. The van der Waals surface area contributed by atoms with Crippen molar-refractivity contribution >= 4 is 27.4 Å². The second-order valence-electron chi connectivity index (χ2n) is 13.9. The first-order chi connectivity index (χ1) is 22.6. The van der Waals surface area contributed by atoms with Crippen LogP contribution in [-0.2, 0) is 0 Å². The molecule has 5 atom stereocenters. The molecule has 0 fully saturated rings. The first kappa shape index (κ1) is 29.0. The third kappa shape index (κ3) is 5.60. The third-order valence-corrected chi connectivity index (χ3v) is 10.8. The number of aryl methyl sites for hydroxylation is 2. The van der Waals surface area contributed by atoms with Crippen LogP contribution in [0.2, 0.25) is 0 Å². The summed E-state index contributed by atoms with van der Waals surface area (Å²) < 4.78 is 0. The van der Waals surface area contributed by atoms with Gasteiger partial charge in [0.1, 0.15) is 5.84 Å². The average molecular weight is 601 g/mol. The quantitative estimate of drug-likeness (QED) is 0.179. The van der Waals surface area contributed by atoms with Gasteiger partial charge in [0.2, 0.25) is 0 Å². The molecule has 1 aliphatic heterocycles. The molecule has 1 N–H and O–H groups in total. The predicted molar refractivity (Wildman–Crippen MR) is 196 cm³/mol. The van der Waals surface area contributed by atoms with Gasteiger partial charge >= 0.3 is 0 Å². The minimum atomic E-state index is 0.229. The number of hydrogen-bond donors (Lipinski definition) is 1. The Hall–Kier alpha value is -4.43. The molecular formula is C44H44N2. The summed E-state index contributed by atoms with van der Waals surface area (Å²) in [6.07, 6.45) is 25.0. The minimum absolute atomic E-state index is 0.229. The van der Waals surface area contributed by atoms with Crippen molar-refractivity contribution in [2.45, 2.75) is 76.3 Å². The highest BCUT2D eigenvalue weighted by atomic mass is 15.1. The summed E-state index contributed by atoms with van der Waals surface area (Å²) in [6, 6.07) is 28.1. The number of aliphatic imine (C=N–C) groups is 1. The van der Waals surface area contributed by atoms with Crippen LogP contribution in [0.25, 0.3) is 21.5 Å². The van der Waals surface area contributed by atoms with E-state index in [0.29, 0.717) is 17.8 Å². The van der Waals surface area contributed by atoms with Crippen LogP contribution in [0.4, 0.5) is 0 Å². The van der Waals surface area contributed by atoms with E-state index in [-0.39, 0.29) is 12.1 Å². The second-order valence-corrected chi connectivity index (χ2v) is 13.9. The highest BCUT2D eigenvalue weighted by Gasteiger charge is 2.35. The van der Waals surface area contributed by atoms with Gasteiger partial charge in [-0.2, -0.15) is 0 Å². The molecule has 1 heterocycles. The van der Waals surface area contributed by atoms with Crippen molar-refractivity contribution in [3.8, 4) is 0 Å². The number of rotatable bonds is 5. The topological polar surface area (TPSA) is 24.4 Å². The maximum atomic E-state index is 5.42. The number of allylic oxidation sites excluding steroid dienone is 7. The lowest BCUT2D eigenvalue weighted by atomic mass is 9.71. The number of amidine groups is 1. The molecule has 0 spiro atoms. The molecule has 230 valence electrons. The zero-order valence-electron chi connectivity index (χ0n) is 27.1. The Morgan fingerprint density at radius 2 is 1.59 bits per heavy atom. The second kappa shape index (κ2) is 12.4. The normalized spacial score (nSPS) is 26.0. The van der Waals surface area contributed by atoms with Gasteiger partial charge in [-0.25, -0.2) is 0 Å². The van der Waals surface area contributed by atoms with Gasteiger partial charge in [0.15, 0.2) is 0 Å². The molecule has 4 aromatic rings. The van der Waals surface area contributed by atoms with Crippen LogP contribution < -0.4 is 5.32 Å². The molecule has 5 unspecified atom stereocenters. The largest absolute Gasteiger partial charge is 0.367 e. The van der Waals surface area contributed by atoms with Crippen molar-refractivity contribution in [1.82, 2.24) is 5.32 Å². The Morgan fingerprint density at radius 3 is 2.39 bits per heavy atom. The summed E-state index contributed by atoms with van der Waals surface area (Å²) in [5.74, 6) is 2.28. The highest BCUT2D eigenvalue weighted by molar-refractivity contribution is 6.09. The van der Waals surface area contributed by atoms with Crippen LogP contribution in [-0.4, -0.2) is 17.9 Å². The smallest absolute Gasteiger partial charge is 0.105 e. The Labute approximate surface area is 274 Å². The average Bonchev–Trinajstić information content (AvgIpc) is 3.11. The molecule has 4 aliphatic rings. The fourth-order valence-corrected chi connectivity index (χ4v) is 8.54. The summed E-state index contributed by atoms with van der Waals surface area (Å²) in [5, 5.41) is 9.47. The van der Waals surface area contributed by atoms with Gasteiger partial charge in [0, 0.05) is 11.8 Å². The summed E-state index contributed by atoms with van der Waals surface area (Å²) in [7, 11) is 0. The Balaban J connectivity index is 1.24. The van der Waals surface area contributed by atoms with E-state index < -0.39 is 0 Å². The molecule has 2 heteroatoms. The van der Waals surface area contributed by atoms with E-state index in [1.807, 2.05) is 0 Å². The first-order valence-corrected chi connectivity index (χ1v) is 17.3. The van der Waals surface area contributed by atoms with E-state index in [1.54, 1.807) is 5.57 Å². The molecule has 0 saturated heterocycles. The monoisotopic (exact) mass is 600 g/mol. The highest BCUT2D eigenvalue weighted by Crippen LogP contribution is 2.46. The van der Waals surface area contributed by atoms with Crippen molar-refractivity contribution in [1.29, 1.82) is 0 Å². The van der Waals surface area contributed by atoms with Crippen LogP contribution in [0, 0.1) is 19.8 Å². The van der Waals surface area contributed by atoms with Gasteiger partial charge in [-0.05, 0) is 108 Å². The fraction of sp³-hybridized carbons (Fsp3) is 0.295. The lowest BCUT2D eigenvalue weighted by molar-refractivity contribution is 0.464. The van der Waals surface area contributed by atoms with E-state index in [0.717, 1.165) is 38.5 Å². The molecule has 0 saturated carbocycles. The summed E-state index contributed by atoms with van der Waals surface area (Å²) in [4.78, 5) is 5.42. The molecule has 0 radical (unpaired) electrons. The van der Waals surface area contributed by atoms with Crippen molar-refractivity contribution in [3.63, 3.8) is 0 Å². The van der Waals surface area contributed by atoms with Crippen LogP contribution >= 0.6 is 0 Å². The van der Waals surface area contributed by atoms with Crippen molar-refractivity contribution in [3.05, 3.63) is 155 Å². The Bertz CT molecular complexity index is 1980. The van der Waals surface area contributed by atoms with Crippen LogP contribution in [0.15, 0.2) is 138 Å². The predicted octanol–water partition coefficient (Wildman–Crippen LogP) is 10.7. The molecule has 2 nitrogen and oxygen atoms in total. The summed E-state index contributed by atoms with van der Waals surface area (Å²) in [6.45, 7) is 4.52. The number of hydrogen-bond acceptors (Lipinski definition) is 2. The number of fused-ring (bicyclic) bond motifs is 3. The van der Waals surface area contributed by atoms with Crippen molar-refractivity contribution in [2.75, 3.05) is 0 Å². The van der Waals surface area contributed by atoms with Crippen molar-refractivity contribution < 1.29 is 0 Å². The number of benzene rings is 4. The standard InChI is InChI=1S/C44H44N2/c1-29-21-22-37(30(2)23-29)34-24-35(41-27-33-17-9-10-18-38(33)39-19-11-12-20-40(39)41)26-36(25-34)43-28-42(31-13-5-3-6-14-31)45-44(46-43)32-15-7-4-8-16-32/h3-5,7-13,15,17-23,26-27,32,34-35,42-43H,6,14,16,24-25,28H2,1-2H3,(H,45,46). The lowest BCUT2D eigenvalue weighted by Crippen LogP contribution is -2.47. The molecule has 0 bridgehead atoms. The zero-order chi connectivity index (χ0) is 31.0. The first-order valence-electron chi connectivity index (χ1n) is 17.3. The van der Waals surface area contributed by atoms with E-state index in [1.165, 1.54) is 55.2 Å². The molecule has 0 aromatic heterocycles. The lowest BCUT2D eigenvalue weighted by Gasteiger charge is -2.39. The van der Waals surface area contributed by atoms with Gasteiger partial charge < -0.3 is 5.32 Å². The minimum Gasteiger partial charge on any atom is -0.367 e. The molecule has 0 amide bonds. The zero-order valence-corrected chi connectivity index (χ0v) is 27.1. The fourth-order valence-electron chi connectivity index (χ4n) is 8.54. The SMILES string of the molecule is Cc1ccc(C2CC(C3CC(C4=CC=CCC4)N=C(C4C=CC=CC4)N3)=CC(c3cc4ccccc4c4ccccc34)C2)c(C)c1. The van der Waals surface area contributed by atoms with Crippen LogP contribution in [0.5, 0.6) is 0 Å². The Kier molecular flexibility index (Phi) is 7.82. The molecule has 8 rings (SSSR count). The van der Waals surface area contributed by atoms with E-state index >= 15 is 0 Å². The van der Waals surface area contributed by atoms with Gasteiger partial charge in [0.05, 0.1) is 12.1 Å². The summed E-state index contributed by atoms with van der Waals surface area (Å²) >= 11 is 0. The van der Waals surface area contributed by atoms with E-state index in [9.17, 15) is 0 Å². The third-order valence-electron chi connectivity index (χ3n) is 10.8. The molecule has 3 aliphatic carbocycles. The maximum absolute atomic E-state index is 5.42. The van der Waals surface area contributed by atoms with Crippen molar-refractivity contribution in [2.24, 2.45) is 10.9 Å². The molecule has 46 heavy (non-hydrogen) atoms. The van der Waals surface area contributed by atoms with Gasteiger partial charge in [-0.3, -0.25) is 4.99 Å². The van der Waals surface area contributed by atoms with Gasteiger partial charge in [0.25, 0.3) is 0 Å². The number of nitrogens with zero attached hydrogens (tertiary/aromatic N) is 1. The number of nitrogens with one attached hydrogen (secondary N) is 1. The van der Waals surface area contributed by atoms with Gasteiger partial charge in [-0.1, -0.05) is 126 Å². The van der Waals surface area contributed by atoms with Crippen LogP contribution in [0.3, 0.4) is 0 Å². The Morgan fingerprint density at radius 1 is 0.739 bits per heavy atom. The van der Waals surface area contributed by atoms with Crippen LogP contribution in [0.1, 0.15) is 72.6 Å². The van der Waals surface area contributed by atoms with E-state index in [2.05, 4.69) is 141 Å². The summed E-state index contributed by atoms with van der Waals surface area (Å²) in [5.41, 5.74) is 8.77.